The first kappa shape index (κ1) is 29.9. The number of hydrogen-bond donors (Lipinski definition) is 1. The third kappa shape index (κ3) is 6.78. The molecule has 2 aliphatic rings. The summed E-state index contributed by atoms with van der Waals surface area (Å²) in [6.45, 7) is 8.70. The lowest BCUT2D eigenvalue weighted by Crippen LogP contribution is -2.37. The second-order valence-corrected chi connectivity index (χ2v) is 12.0. The van der Waals surface area contributed by atoms with Crippen molar-refractivity contribution in [2.45, 2.75) is 71.9 Å². The first-order valence-electron chi connectivity index (χ1n) is 14.1. The van der Waals surface area contributed by atoms with Crippen LogP contribution in [0.5, 0.6) is 5.88 Å². The number of anilines is 1. The normalized spacial score (nSPS) is 18.3. The number of alkyl halides is 3. The first-order chi connectivity index (χ1) is 18.8. The summed E-state index contributed by atoms with van der Waals surface area (Å²) in [6, 6.07) is 7.13. The van der Waals surface area contributed by atoms with E-state index < -0.39 is 29.0 Å². The molecule has 0 spiro atoms. The number of Topliss-reactive ketones (excluding diaryl/α,β-unsaturated/α-hetero) is 1. The summed E-state index contributed by atoms with van der Waals surface area (Å²) in [5.74, 6) is -0.549. The van der Waals surface area contributed by atoms with Crippen LogP contribution in [0.15, 0.2) is 36.5 Å². The summed E-state index contributed by atoms with van der Waals surface area (Å²) in [5, 5.41) is 9.57. The second kappa shape index (κ2) is 11.8. The minimum Gasteiger partial charge on any atom is -0.481 e. The molecule has 2 heterocycles. The molecule has 2 aromatic rings. The second-order valence-electron chi connectivity index (χ2n) is 12.0. The lowest BCUT2D eigenvalue weighted by molar-refractivity contribution is -0.142. The number of piperidine rings is 1. The summed E-state index contributed by atoms with van der Waals surface area (Å²) in [6.07, 6.45) is 1.18. The van der Waals surface area contributed by atoms with E-state index in [-0.39, 0.29) is 17.6 Å². The lowest BCUT2D eigenvalue weighted by atomic mass is 9.81. The number of aromatic nitrogens is 1. The van der Waals surface area contributed by atoms with Gasteiger partial charge < -0.3 is 14.7 Å². The summed E-state index contributed by atoms with van der Waals surface area (Å²) in [5.41, 5.74) is 0.161. The van der Waals surface area contributed by atoms with E-state index >= 15 is 0 Å². The quantitative estimate of drug-likeness (QED) is 0.292. The Bertz CT molecular complexity index is 1220. The van der Waals surface area contributed by atoms with E-state index in [1.165, 1.54) is 6.07 Å². The smallest absolute Gasteiger partial charge is 0.416 e. The van der Waals surface area contributed by atoms with Crippen LogP contribution >= 0.6 is 0 Å². The van der Waals surface area contributed by atoms with Crippen molar-refractivity contribution < 1.29 is 32.6 Å². The molecule has 1 saturated heterocycles. The van der Waals surface area contributed by atoms with Gasteiger partial charge in [0.1, 0.15) is 0 Å². The van der Waals surface area contributed by atoms with Crippen LogP contribution in [0, 0.1) is 23.2 Å². The van der Waals surface area contributed by atoms with Gasteiger partial charge in [0.15, 0.2) is 5.78 Å². The molecule has 40 heavy (non-hydrogen) atoms. The van der Waals surface area contributed by atoms with Crippen molar-refractivity contribution in [2.75, 3.05) is 24.6 Å². The zero-order chi connectivity index (χ0) is 29.2. The largest absolute Gasteiger partial charge is 0.481 e. The highest BCUT2D eigenvalue weighted by molar-refractivity contribution is 6.04. The number of carboxylic acid groups (broad SMARTS) is 1. The summed E-state index contributed by atoms with van der Waals surface area (Å²) >= 11 is 0. The van der Waals surface area contributed by atoms with E-state index in [0.29, 0.717) is 62.0 Å². The molecular formula is C31H39F3N2O4. The van der Waals surface area contributed by atoms with Crippen LogP contribution in [0.3, 0.4) is 0 Å². The Balaban J connectivity index is 1.43. The molecule has 1 aromatic carbocycles. The number of halogens is 3. The third-order valence-electron chi connectivity index (χ3n) is 8.69. The van der Waals surface area contributed by atoms with Crippen LogP contribution < -0.4 is 9.64 Å². The summed E-state index contributed by atoms with van der Waals surface area (Å²) in [7, 11) is 0. The molecular weight excluding hydrogens is 521 g/mol. The maximum atomic E-state index is 13.5. The van der Waals surface area contributed by atoms with Gasteiger partial charge in [-0.2, -0.15) is 13.2 Å². The monoisotopic (exact) mass is 560 g/mol. The minimum absolute atomic E-state index is 0.0758. The van der Waals surface area contributed by atoms with Crippen LogP contribution in [0.1, 0.15) is 87.2 Å². The molecule has 2 atom stereocenters. The fourth-order valence-electron chi connectivity index (χ4n) is 5.52. The lowest BCUT2D eigenvalue weighted by Gasteiger charge is -2.35. The van der Waals surface area contributed by atoms with Crippen LogP contribution in [-0.2, 0) is 11.0 Å². The standard InChI is InChI=1S/C31H39F3N2O4/c1-5-30(3,4)28(37)24-9-8-23(31(32,33)34)17-25(24)36-14-11-20(12-15-36)18-40-26-16-22(10-13-35-26)27(21-6-7-21)19(2)29(38)39/h8-10,13,16-17,19-21,27H,5-7,11-12,14-15,18H2,1-4H3,(H,38,39)/t19-,27-/m0/s1. The van der Waals surface area contributed by atoms with E-state index in [4.69, 9.17) is 4.74 Å². The highest BCUT2D eigenvalue weighted by atomic mass is 19.4. The van der Waals surface area contributed by atoms with Crippen molar-refractivity contribution in [3.8, 4) is 5.88 Å². The number of carboxylic acids is 1. The number of ether oxygens (including phenoxy) is 1. The van der Waals surface area contributed by atoms with Gasteiger partial charge in [-0.3, -0.25) is 9.59 Å². The average molecular weight is 561 g/mol. The fraction of sp³-hybridized carbons (Fsp3) is 0.581. The first-order valence-corrected chi connectivity index (χ1v) is 14.1. The van der Waals surface area contributed by atoms with Crippen molar-refractivity contribution in [1.29, 1.82) is 0 Å². The van der Waals surface area contributed by atoms with Gasteiger partial charge >= 0.3 is 12.1 Å². The van der Waals surface area contributed by atoms with E-state index in [2.05, 4.69) is 4.98 Å². The van der Waals surface area contributed by atoms with Gasteiger partial charge in [-0.05, 0) is 79.7 Å². The van der Waals surface area contributed by atoms with Gasteiger partial charge in [0, 0.05) is 42.0 Å². The number of carbonyl (C=O) groups is 2. The molecule has 1 aliphatic heterocycles. The number of rotatable bonds is 11. The van der Waals surface area contributed by atoms with Gasteiger partial charge in [0.2, 0.25) is 5.88 Å². The number of carbonyl (C=O) groups excluding carboxylic acids is 1. The number of benzene rings is 1. The molecule has 1 aromatic heterocycles. The Labute approximate surface area is 233 Å². The third-order valence-corrected chi connectivity index (χ3v) is 8.69. The molecule has 1 N–H and O–H groups in total. The van der Waals surface area contributed by atoms with Crippen LogP contribution in [0.25, 0.3) is 0 Å². The van der Waals surface area contributed by atoms with Crippen molar-refractivity contribution in [3.05, 3.63) is 53.2 Å². The van der Waals surface area contributed by atoms with Gasteiger partial charge in [-0.1, -0.05) is 27.7 Å². The molecule has 0 amide bonds. The highest BCUT2D eigenvalue weighted by Gasteiger charge is 2.39. The van der Waals surface area contributed by atoms with Crippen LogP contribution in [0.4, 0.5) is 18.9 Å². The van der Waals surface area contributed by atoms with Gasteiger partial charge in [-0.15, -0.1) is 0 Å². The Hall–Kier alpha value is -3.10. The number of nitrogens with zero attached hydrogens (tertiary/aromatic N) is 2. The zero-order valence-corrected chi connectivity index (χ0v) is 23.6. The number of ketones is 1. The van der Waals surface area contributed by atoms with Crippen molar-refractivity contribution in [1.82, 2.24) is 4.98 Å². The molecule has 4 rings (SSSR count). The highest BCUT2D eigenvalue weighted by Crippen LogP contribution is 2.47. The molecule has 0 bridgehead atoms. The predicted molar refractivity (Wildman–Crippen MR) is 147 cm³/mol. The van der Waals surface area contributed by atoms with Crippen molar-refractivity contribution >= 4 is 17.4 Å². The van der Waals surface area contributed by atoms with Gasteiger partial charge in [0.05, 0.1) is 18.1 Å². The summed E-state index contributed by atoms with van der Waals surface area (Å²) < 4.78 is 46.7. The Morgan fingerprint density at radius 3 is 2.35 bits per heavy atom. The van der Waals surface area contributed by atoms with E-state index in [1.807, 2.05) is 37.8 Å². The molecule has 0 radical (unpaired) electrons. The minimum atomic E-state index is -4.49. The van der Waals surface area contributed by atoms with Crippen molar-refractivity contribution in [3.63, 3.8) is 0 Å². The Kier molecular flexibility index (Phi) is 8.80. The molecule has 0 unspecified atom stereocenters. The SMILES string of the molecule is CCC(C)(C)C(=O)c1ccc(C(F)(F)F)cc1N1CCC(COc2cc([C@H](C3CC3)[C@H](C)C(=O)O)ccn2)CC1. The number of aliphatic carboxylic acids is 1. The predicted octanol–water partition coefficient (Wildman–Crippen LogP) is 7.23. The molecule has 6 nitrogen and oxygen atoms in total. The summed E-state index contributed by atoms with van der Waals surface area (Å²) in [4.78, 5) is 31.1. The topological polar surface area (TPSA) is 79.7 Å². The molecule has 9 heteroatoms. The van der Waals surface area contributed by atoms with E-state index in [0.717, 1.165) is 30.5 Å². The van der Waals surface area contributed by atoms with E-state index in [1.54, 1.807) is 13.1 Å². The molecule has 218 valence electrons. The van der Waals surface area contributed by atoms with Gasteiger partial charge in [-0.25, -0.2) is 4.98 Å². The van der Waals surface area contributed by atoms with Gasteiger partial charge in [0.25, 0.3) is 0 Å². The zero-order valence-electron chi connectivity index (χ0n) is 23.6. The van der Waals surface area contributed by atoms with Crippen LogP contribution in [0.2, 0.25) is 0 Å². The maximum absolute atomic E-state index is 13.5. The van der Waals surface area contributed by atoms with Crippen molar-refractivity contribution in [2.24, 2.45) is 23.2 Å². The number of hydrogen-bond acceptors (Lipinski definition) is 5. The Morgan fingerprint density at radius 1 is 1.10 bits per heavy atom. The number of pyridine rings is 1. The molecule has 2 fully saturated rings. The average Bonchev–Trinajstić information content (AvgIpc) is 3.76. The molecule has 1 saturated carbocycles. The van der Waals surface area contributed by atoms with Crippen LogP contribution in [-0.4, -0.2) is 41.5 Å². The molecule has 1 aliphatic carbocycles. The van der Waals surface area contributed by atoms with E-state index in [9.17, 15) is 27.9 Å². The Morgan fingerprint density at radius 2 is 1.77 bits per heavy atom. The fourth-order valence-corrected chi connectivity index (χ4v) is 5.52. The maximum Gasteiger partial charge on any atom is 0.416 e.